The van der Waals surface area contributed by atoms with Crippen LogP contribution in [0.2, 0.25) is 0 Å². The molecule has 0 saturated heterocycles. The summed E-state index contributed by atoms with van der Waals surface area (Å²) in [5.74, 6) is 1.53. The highest BCUT2D eigenvalue weighted by atomic mass is 33.7. The van der Waals surface area contributed by atoms with Crippen molar-refractivity contribution in [2.75, 3.05) is 25.1 Å². The Morgan fingerprint density at radius 3 is 1.58 bits per heavy atom. The Labute approximate surface area is 89.5 Å². The Balaban J connectivity index is 2.73. The molecular weight excluding hydrogens is 232 g/mol. The molecule has 0 unspecified atom stereocenters. The van der Waals surface area contributed by atoms with E-state index in [1.54, 1.807) is 41.2 Å². The zero-order valence-electron chi connectivity index (χ0n) is 7.28. The van der Waals surface area contributed by atoms with E-state index in [2.05, 4.69) is 0 Å². The monoisotopic (exact) mass is 246 g/mol. The van der Waals surface area contributed by atoms with Crippen LogP contribution >= 0.6 is 41.2 Å². The van der Waals surface area contributed by atoms with Crippen LogP contribution in [-0.2, 0) is 9.47 Å². The lowest BCUT2D eigenvalue weighted by Crippen LogP contribution is -1.85. The van der Waals surface area contributed by atoms with Gasteiger partial charge in [0.05, 0.1) is 0 Å². The van der Waals surface area contributed by atoms with Gasteiger partial charge in [-0.25, -0.2) is 0 Å². The third kappa shape index (κ3) is 11.3. The van der Waals surface area contributed by atoms with E-state index in [4.69, 9.17) is 9.47 Å². The molecule has 0 fully saturated rings. The predicted molar refractivity (Wildman–Crippen MR) is 63.4 cm³/mol. The van der Waals surface area contributed by atoms with Crippen molar-refractivity contribution in [3.63, 3.8) is 0 Å². The molecule has 74 valence electrons. The Morgan fingerprint density at radius 2 is 1.25 bits per heavy atom. The molecule has 0 atom stereocenters. The third-order valence-corrected chi connectivity index (χ3v) is 6.62. The molecule has 0 radical (unpaired) electrons. The van der Waals surface area contributed by atoms with Gasteiger partial charge in [0.1, 0.15) is 11.9 Å². The Kier molecular flexibility index (Phi) is 13.7. The highest BCUT2D eigenvalue weighted by Crippen LogP contribution is 2.42. The summed E-state index contributed by atoms with van der Waals surface area (Å²) in [5, 5.41) is 0. The fraction of sp³-hybridized carbons (Fsp3) is 1.00. The van der Waals surface area contributed by atoms with Gasteiger partial charge in [-0.2, -0.15) is 0 Å². The van der Waals surface area contributed by atoms with Crippen molar-refractivity contribution in [3.05, 3.63) is 0 Å². The summed E-state index contributed by atoms with van der Waals surface area (Å²) < 4.78 is 10.3. The van der Waals surface area contributed by atoms with E-state index in [1.165, 1.54) is 0 Å². The second kappa shape index (κ2) is 12.3. The first-order valence-corrected chi connectivity index (χ1v) is 8.80. The number of rotatable bonds is 9. The van der Waals surface area contributed by atoms with E-state index in [0.29, 0.717) is 0 Å². The summed E-state index contributed by atoms with van der Waals surface area (Å²) in [6.07, 6.45) is 0. The maximum Gasteiger partial charge on any atom is 0.103 e. The molecule has 12 heavy (non-hydrogen) atoms. The molecule has 2 nitrogen and oxygen atoms in total. The highest BCUT2D eigenvalue weighted by molar-refractivity contribution is 9.26. The summed E-state index contributed by atoms with van der Waals surface area (Å²) >= 11 is 0. The summed E-state index contributed by atoms with van der Waals surface area (Å²) in [5.41, 5.74) is 0. The average molecular weight is 246 g/mol. The molecule has 0 rings (SSSR count). The Bertz CT molecular complexity index is 73.9. The molecule has 0 bridgehead atoms. The van der Waals surface area contributed by atoms with Crippen molar-refractivity contribution >= 4 is 41.2 Å². The first-order valence-electron chi connectivity index (χ1n) is 3.65. The van der Waals surface area contributed by atoms with Crippen LogP contribution in [0.25, 0.3) is 0 Å². The maximum atomic E-state index is 5.15. The number of hydrogen-bond donors (Lipinski definition) is 0. The smallest absolute Gasteiger partial charge is 0.103 e. The van der Waals surface area contributed by atoms with Gasteiger partial charge in [0.15, 0.2) is 0 Å². The zero-order chi connectivity index (χ0) is 9.07. The van der Waals surface area contributed by atoms with Gasteiger partial charge in [-0.15, -0.1) is 0 Å². The van der Waals surface area contributed by atoms with Crippen molar-refractivity contribution in [2.24, 2.45) is 0 Å². The molecule has 0 aliphatic rings. The van der Waals surface area contributed by atoms with Crippen LogP contribution in [0.3, 0.4) is 0 Å². The van der Waals surface area contributed by atoms with E-state index < -0.39 is 0 Å². The minimum Gasteiger partial charge on any atom is -0.370 e. The minimum atomic E-state index is 0.767. The van der Waals surface area contributed by atoms with Crippen LogP contribution in [0.1, 0.15) is 13.8 Å². The van der Waals surface area contributed by atoms with E-state index >= 15 is 0 Å². The van der Waals surface area contributed by atoms with E-state index in [0.717, 1.165) is 25.1 Å². The van der Waals surface area contributed by atoms with Crippen molar-refractivity contribution in [1.82, 2.24) is 0 Å². The van der Waals surface area contributed by atoms with Gasteiger partial charge >= 0.3 is 0 Å². The normalized spacial score (nSPS) is 10.5. The molecule has 6 heteroatoms. The van der Waals surface area contributed by atoms with Crippen molar-refractivity contribution in [3.8, 4) is 0 Å². The van der Waals surface area contributed by atoms with Gasteiger partial charge in [-0.3, -0.25) is 0 Å². The summed E-state index contributed by atoms with van der Waals surface area (Å²) in [6.45, 7) is 5.60. The lowest BCUT2D eigenvalue weighted by molar-refractivity contribution is 0.200. The fourth-order valence-corrected chi connectivity index (χ4v) is 5.36. The van der Waals surface area contributed by atoms with Gasteiger partial charge < -0.3 is 9.47 Å². The molecule has 0 N–H and O–H groups in total. The molecule has 0 aromatic carbocycles. The van der Waals surface area contributed by atoms with E-state index in [1.807, 2.05) is 13.8 Å². The van der Waals surface area contributed by atoms with Crippen LogP contribution in [0.4, 0.5) is 0 Å². The molecule has 0 saturated carbocycles. The topological polar surface area (TPSA) is 18.5 Å². The summed E-state index contributed by atoms with van der Waals surface area (Å²) in [6, 6.07) is 0. The first-order chi connectivity index (χ1) is 5.91. The van der Waals surface area contributed by atoms with Crippen LogP contribution in [0.5, 0.6) is 0 Å². The van der Waals surface area contributed by atoms with Gasteiger partial charge in [-0.1, -0.05) is 21.6 Å². The standard InChI is InChI=1S/C6H14O2S4/c1-3-7-5-9-11-12-10-6-8-4-2/h3-6H2,1-2H3. The quantitative estimate of drug-likeness (QED) is 0.349. The van der Waals surface area contributed by atoms with Crippen LogP contribution in [-0.4, -0.2) is 25.1 Å². The number of ether oxygens (including phenoxy) is 2. The Hall–Kier alpha value is 1.32. The van der Waals surface area contributed by atoms with Crippen molar-refractivity contribution < 1.29 is 9.47 Å². The van der Waals surface area contributed by atoms with Gasteiger partial charge in [0.25, 0.3) is 0 Å². The van der Waals surface area contributed by atoms with E-state index in [9.17, 15) is 0 Å². The van der Waals surface area contributed by atoms with Crippen molar-refractivity contribution in [1.29, 1.82) is 0 Å². The molecule has 0 amide bonds. The van der Waals surface area contributed by atoms with Crippen LogP contribution in [0.15, 0.2) is 0 Å². The average Bonchev–Trinajstić information content (AvgIpc) is 2.10. The van der Waals surface area contributed by atoms with Gasteiger partial charge in [0, 0.05) is 13.2 Å². The molecule has 0 spiro atoms. The second-order valence-electron chi connectivity index (χ2n) is 1.59. The molecule has 0 heterocycles. The fourth-order valence-electron chi connectivity index (χ4n) is 0.313. The predicted octanol–water partition coefficient (Wildman–Crippen LogP) is 3.65. The Morgan fingerprint density at radius 1 is 0.833 bits per heavy atom. The van der Waals surface area contributed by atoms with Crippen LogP contribution < -0.4 is 0 Å². The molecular formula is C6H14O2S4. The maximum absolute atomic E-state index is 5.15. The lowest BCUT2D eigenvalue weighted by atomic mass is 10.9. The lowest BCUT2D eigenvalue weighted by Gasteiger charge is -2.00. The third-order valence-electron chi connectivity index (χ3n) is 0.795. The zero-order valence-corrected chi connectivity index (χ0v) is 10.5. The molecule has 0 aliphatic heterocycles. The van der Waals surface area contributed by atoms with E-state index in [-0.39, 0.29) is 0 Å². The molecule has 0 aliphatic carbocycles. The van der Waals surface area contributed by atoms with Gasteiger partial charge in [0.2, 0.25) is 0 Å². The minimum absolute atomic E-state index is 0.767. The largest absolute Gasteiger partial charge is 0.370 e. The highest BCUT2D eigenvalue weighted by Gasteiger charge is 1.91. The number of hydrogen-bond acceptors (Lipinski definition) is 6. The summed E-state index contributed by atoms with van der Waals surface area (Å²) in [4.78, 5) is 0. The molecule has 0 aromatic heterocycles. The molecule has 0 aromatic rings. The summed E-state index contributed by atoms with van der Waals surface area (Å²) in [7, 11) is 6.90. The van der Waals surface area contributed by atoms with Crippen LogP contribution in [0, 0.1) is 0 Å². The van der Waals surface area contributed by atoms with Gasteiger partial charge in [-0.05, 0) is 33.5 Å². The van der Waals surface area contributed by atoms with Crippen molar-refractivity contribution in [2.45, 2.75) is 13.8 Å². The first kappa shape index (κ1) is 13.3. The second-order valence-corrected chi connectivity index (χ2v) is 7.49. The SMILES string of the molecule is CCOCSSSSCOCC.